The molecule has 0 atom stereocenters. The Morgan fingerprint density at radius 3 is 2.54 bits per heavy atom. The van der Waals surface area contributed by atoms with Gasteiger partial charge in [0.2, 0.25) is 5.91 Å². The summed E-state index contributed by atoms with van der Waals surface area (Å²) in [4.78, 5) is 30.9. The Labute approximate surface area is 168 Å². The minimum Gasteiger partial charge on any atom is -0.326 e. The van der Waals surface area contributed by atoms with E-state index in [4.69, 9.17) is 11.6 Å². The summed E-state index contributed by atoms with van der Waals surface area (Å²) in [6.45, 7) is 0.624. The third-order valence-electron chi connectivity index (χ3n) is 4.71. The second-order valence-electron chi connectivity index (χ2n) is 6.64. The zero-order valence-corrected chi connectivity index (χ0v) is 15.8. The molecule has 5 nitrogen and oxygen atoms in total. The van der Waals surface area contributed by atoms with Crippen molar-refractivity contribution >= 4 is 34.8 Å². The fraction of sp³-hybridized carbons (Fsp3) is 0.136. The minimum absolute atomic E-state index is 0.0641. The first kappa shape index (κ1) is 18.2. The number of fused-ring (bicyclic) bond motifs is 1. The summed E-state index contributed by atoms with van der Waals surface area (Å²) in [5, 5.41) is 3.55. The van der Waals surface area contributed by atoms with Gasteiger partial charge in [0.25, 0.3) is 5.91 Å². The molecule has 1 aliphatic heterocycles. The maximum absolute atomic E-state index is 12.8. The molecular formula is C22H18ClN3O2. The average Bonchev–Trinajstić information content (AvgIpc) is 3.13. The highest BCUT2D eigenvalue weighted by molar-refractivity contribution is 6.30. The van der Waals surface area contributed by atoms with Gasteiger partial charge in [0.1, 0.15) is 0 Å². The highest BCUT2D eigenvalue weighted by Gasteiger charge is 2.26. The first-order chi connectivity index (χ1) is 13.6. The van der Waals surface area contributed by atoms with Crippen LogP contribution >= 0.6 is 11.6 Å². The highest BCUT2D eigenvalue weighted by Crippen LogP contribution is 2.32. The molecule has 0 fully saturated rings. The zero-order chi connectivity index (χ0) is 19.5. The fourth-order valence-corrected chi connectivity index (χ4v) is 3.44. The molecule has 0 radical (unpaired) electrons. The molecule has 3 aromatic rings. The molecule has 1 N–H and O–H groups in total. The van der Waals surface area contributed by atoms with Crippen LogP contribution in [0, 0.1) is 0 Å². The Bertz CT molecular complexity index is 1020. The smallest absolute Gasteiger partial charge is 0.258 e. The van der Waals surface area contributed by atoms with E-state index in [0.29, 0.717) is 22.8 Å². The van der Waals surface area contributed by atoms with Gasteiger partial charge in [0.15, 0.2) is 0 Å². The first-order valence-electron chi connectivity index (χ1n) is 8.99. The predicted octanol–water partition coefficient (Wildman–Crippen LogP) is 4.12. The molecule has 6 heteroatoms. The van der Waals surface area contributed by atoms with Crippen LogP contribution in [0.4, 0.5) is 11.4 Å². The van der Waals surface area contributed by atoms with Crippen LogP contribution in [-0.2, 0) is 17.6 Å². The molecule has 0 saturated heterocycles. The number of nitrogens with zero attached hydrogens (tertiary/aromatic N) is 2. The summed E-state index contributed by atoms with van der Waals surface area (Å²) in [5.41, 5.74) is 4.09. The van der Waals surface area contributed by atoms with E-state index < -0.39 is 0 Å². The number of hydrogen-bond donors (Lipinski definition) is 1. The highest BCUT2D eigenvalue weighted by atomic mass is 35.5. The van der Waals surface area contributed by atoms with Crippen LogP contribution in [0.3, 0.4) is 0 Å². The van der Waals surface area contributed by atoms with Crippen molar-refractivity contribution in [3.05, 3.63) is 88.7 Å². The summed E-state index contributed by atoms with van der Waals surface area (Å²) < 4.78 is 0. The molecule has 1 aliphatic rings. The molecule has 2 aromatic carbocycles. The van der Waals surface area contributed by atoms with Crippen molar-refractivity contribution < 1.29 is 9.59 Å². The Morgan fingerprint density at radius 1 is 1.04 bits per heavy atom. The lowest BCUT2D eigenvalue weighted by molar-refractivity contribution is -0.115. The molecule has 0 spiro atoms. The van der Waals surface area contributed by atoms with E-state index in [1.807, 2.05) is 30.3 Å². The molecule has 0 bridgehead atoms. The van der Waals surface area contributed by atoms with E-state index in [1.165, 1.54) is 0 Å². The molecule has 4 rings (SSSR count). The number of carbonyl (C=O) groups excluding carboxylic acids is 2. The summed E-state index contributed by atoms with van der Waals surface area (Å²) in [5.74, 6) is -0.182. The molecule has 0 aliphatic carbocycles. The molecule has 140 valence electrons. The van der Waals surface area contributed by atoms with Crippen molar-refractivity contribution in [2.24, 2.45) is 0 Å². The molecule has 28 heavy (non-hydrogen) atoms. The lowest BCUT2D eigenvalue weighted by Crippen LogP contribution is -2.29. The first-order valence-corrected chi connectivity index (χ1v) is 9.37. The van der Waals surface area contributed by atoms with Crippen LogP contribution in [-0.4, -0.2) is 23.3 Å². The monoisotopic (exact) mass is 391 g/mol. The van der Waals surface area contributed by atoms with Crippen LogP contribution in [0.15, 0.2) is 67.0 Å². The Morgan fingerprint density at radius 2 is 1.79 bits per heavy atom. The van der Waals surface area contributed by atoms with E-state index >= 15 is 0 Å². The van der Waals surface area contributed by atoms with E-state index in [1.54, 1.807) is 41.6 Å². The van der Waals surface area contributed by atoms with Crippen molar-refractivity contribution in [1.82, 2.24) is 4.98 Å². The van der Waals surface area contributed by atoms with Gasteiger partial charge in [0, 0.05) is 40.9 Å². The third-order valence-corrected chi connectivity index (χ3v) is 4.97. The lowest BCUT2D eigenvalue weighted by atomic mass is 10.1. The Kier molecular flexibility index (Phi) is 5.08. The number of nitrogens with one attached hydrogen (secondary N) is 1. The number of anilines is 2. The Hall–Kier alpha value is -3.18. The standard InChI is InChI=1S/C22H18ClN3O2/c23-18-4-1-15(2-5-18)13-21(27)25-19-6-3-16-9-12-26(20(16)14-19)22(28)17-7-10-24-11-8-17/h1-8,10-11,14H,9,12-13H2,(H,25,27). The van der Waals surface area contributed by atoms with Gasteiger partial charge in [-0.25, -0.2) is 0 Å². The number of hydrogen-bond acceptors (Lipinski definition) is 3. The SMILES string of the molecule is O=C(Cc1ccc(Cl)cc1)Nc1ccc2c(c1)N(C(=O)c1ccncc1)CC2. The molecule has 2 amide bonds. The van der Waals surface area contributed by atoms with Gasteiger partial charge in [0.05, 0.1) is 6.42 Å². The van der Waals surface area contributed by atoms with Crippen LogP contribution in [0.25, 0.3) is 0 Å². The quantitative estimate of drug-likeness (QED) is 0.727. The van der Waals surface area contributed by atoms with Crippen molar-refractivity contribution in [1.29, 1.82) is 0 Å². The van der Waals surface area contributed by atoms with Gasteiger partial charge in [-0.3, -0.25) is 14.6 Å². The summed E-state index contributed by atoms with van der Waals surface area (Å²) in [6.07, 6.45) is 4.27. The van der Waals surface area contributed by atoms with Gasteiger partial charge < -0.3 is 10.2 Å². The number of amides is 2. The van der Waals surface area contributed by atoms with Crippen LogP contribution in [0.2, 0.25) is 5.02 Å². The second-order valence-corrected chi connectivity index (χ2v) is 7.07. The van der Waals surface area contributed by atoms with Gasteiger partial charge in [-0.15, -0.1) is 0 Å². The molecular weight excluding hydrogens is 374 g/mol. The van der Waals surface area contributed by atoms with Crippen molar-refractivity contribution in [2.45, 2.75) is 12.8 Å². The van der Waals surface area contributed by atoms with Gasteiger partial charge in [-0.1, -0.05) is 29.8 Å². The summed E-state index contributed by atoms with van der Waals surface area (Å²) in [6, 6.07) is 16.3. The van der Waals surface area contributed by atoms with Crippen molar-refractivity contribution in [3.63, 3.8) is 0 Å². The maximum Gasteiger partial charge on any atom is 0.258 e. The van der Waals surface area contributed by atoms with Gasteiger partial charge in [-0.05, 0) is 53.9 Å². The Balaban J connectivity index is 1.49. The summed E-state index contributed by atoms with van der Waals surface area (Å²) in [7, 11) is 0. The number of benzene rings is 2. The number of aromatic nitrogens is 1. The molecule has 0 unspecified atom stereocenters. The minimum atomic E-state index is -0.118. The normalized spacial score (nSPS) is 12.5. The second kappa shape index (κ2) is 7.82. The largest absolute Gasteiger partial charge is 0.326 e. The number of halogens is 1. The van der Waals surface area contributed by atoms with Crippen molar-refractivity contribution in [3.8, 4) is 0 Å². The van der Waals surface area contributed by atoms with Crippen LogP contribution in [0.1, 0.15) is 21.5 Å². The third kappa shape index (κ3) is 3.89. The zero-order valence-electron chi connectivity index (χ0n) is 15.1. The number of pyridine rings is 1. The molecule has 1 aromatic heterocycles. The molecule has 0 saturated carbocycles. The number of carbonyl (C=O) groups is 2. The van der Waals surface area contributed by atoms with Crippen LogP contribution < -0.4 is 10.2 Å². The predicted molar refractivity (Wildman–Crippen MR) is 110 cm³/mol. The van der Waals surface area contributed by atoms with Gasteiger partial charge in [-0.2, -0.15) is 0 Å². The lowest BCUT2D eigenvalue weighted by Gasteiger charge is -2.18. The van der Waals surface area contributed by atoms with Crippen molar-refractivity contribution in [2.75, 3.05) is 16.8 Å². The van der Waals surface area contributed by atoms with E-state index in [0.717, 1.165) is 23.2 Å². The van der Waals surface area contributed by atoms with E-state index in [-0.39, 0.29) is 18.2 Å². The summed E-state index contributed by atoms with van der Waals surface area (Å²) >= 11 is 5.88. The van der Waals surface area contributed by atoms with E-state index in [9.17, 15) is 9.59 Å². The number of rotatable bonds is 4. The fourth-order valence-electron chi connectivity index (χ4n) is 3.31. The van der Waals surface area contributed by atoms with E-state index in [2.05, 4.69) is 10.3 Å². The average molecular weight is 392 g/mol. The van der Waals surface area contributed by atoms with Gasteiger partial charge >= 0.3 is 0 Å². The topological polar surface area (TPSA) is 62.3 Å². The maximum atomic E-state index is 12.8. The molecule has 2 heterocycles. The van der Waals surface area contributed by atoms with Crippen LogP contribution in [0.5, 0.6) is 0 Å².